The van der Waals surface area contributed by atoms with Gasteiger partial charge in [0.05, 0.1) is 0 Å². The molecule has 0 aromatic heterocycles. The molecule has 0 aromatic rings. The molecule has 0 saturated carbocycles. The fourth-order valence-corrected chi connectivity index (χ4v) is 2.92. The predicted octanol–water partition coefficient (Wildman–Crippen LogP) is 2.37. The van der Waals surface area contributed by atoms with Crippen LogP contribution in [-0.2, 0) is 4.79 Å². The van der Waals surface area contributed by atoms with Gasteiger partial charge >= 0.3 is 0 Å². The first-order valence-corrected chi connectivity index (χ1v) is 7.65. The summed E-state index contributed by atoms with van der Waals surface area (Å²) in [7, 11) is 1.87. The molecule has 0 atom stereocenters. The Morgan fingerprint density at radius 3 is 2.47 bits per heavy atom. The molecule has 1 rings (SSSR count). The maximum Gasteiger partial charge on any atom is 0.225 e. The van der Waals surface area contributed by atoms with Gasteiger partial charge in [0.1, 0.15) is 0 Å². The minimum absolute atomic E-state index is 0.154. The second kappa shape index (κ2) is 7.24. The fraction of sp³-hybridized carbons (Fsp3) is 0.923. The first-order chi connectivity index (χ1) is 8.89. The van der Waals surface area contributed by atoms with Crippen LogP contribution >= 0.6 is 11.9 Å². The molecule has 0 spiro atoms. The van der Waals surface area contributed by atoms with Crippen LogP contribution in [-0.4, -0.2) is 53.7 Å². The number of likely N-dealkylation sites (tertiary alicyclic amines) is 1. The van der Waals surface area contributed by atoms with Crippen molar-refractivity contribution in [2.45, 2.75) is 38.4 Å². The van der Waals surface area contributed by atoms with E-state index in [1.54, 1.807) is 4.90 Å². The minimum Gasteiger partial charge on any atom is -0.346 e. The Kier molecular flexibility index (Phi) is 6.26. The summed E-state index contributed by atoms with van der Waals surface area (Å²) in [5, 5.41) is 0. The molecule has 0 aliphatic carbocycles. The van der Waals surface area contributed by atoms with Crippen LogP contribution in [0.5, 0.6) is 0 Å². The van der Waals surface area contributed by atoms with Gasteiger partial charge in [-0.3, -0.25) is 4.79 Å². The lowest BCUT2D eigenvalue weighted by molar-refractivity contribution is -0.135. The Morgan fingerprint density at radius 2 is 2.00 bits per heavy atom. The van der Waals surface area contributed by atoms with Crippen molar-refractivity contribution in [1.82, 2.24) is 9.80 Å². The lowest BCUT2D eigenvalue weighted by Gasteiger charge is -2.36. The second-order valence-electron chi connectivity index (χ2n) is 5.83. The molecular formula is C13H25N3O2S. The third kappa shape index (κ3) is 5.10. The van der Waals surface area contributed by atoms with Crippen molar-refractivity contribution in [2.24, 2.45) is 10.5 Å². The molecule has 0 radical (unpaired) electrons. The van der Waals surface area contributed by atoms with E-state index >= 15 is 0 Å². The third-order valence-electron chi connectivity index (χ3n) is 3.68. The Morgan fingerprint density at radius 1 is 1.42 bits per heavy atom. The van der Waals surface area contributed by atoms with E-state index in [1.807, 2.05) is 27.8 Å². The quantitative estimate of drug-likeness (QED) is 0.556. The molecule has 1 aliphatic heterocycles. The van der Waals surface area contributed by atoms with Gasteiger partial charge in [-0.1, -0.05) is 0 Å². The van der Waals surface area contributed by atoms with E-state index in [-0.39, 0.29) is 16.6 Å². The summed E-state index contributed by atoms with van der Waals surface area (Å²) >= 11 is 1.10. The van der Waals surface area contributed by atoms with Crippen molar-refractivity contribution in [2.75, 3.05) is 33.2 Å². The van der Waals surface area contributed by atoms with Gasteiger partial charge in [0.2, 0.25) is 5.91 Å². The molecule has 110 valence electrons. The number of amides is 1. The van der Waals surface area contributed by atoms with Crippen LogP contribution in [0.2, 0.25) is 0 Å². The molecule has 5 nitrogen and oxygen atoms in total. The highest BCUT2D eigenvalue weighted by Gasteiger charge is 2.30. The molecule has 0 unspecified atom stereocenters. The standard InChI is InChI=1S/C13H25N3O2S/c1-5-15(4)12(17)11-6-8-16(9-7-11)10-13(2,3)19-14-18/h11H,5-10H2,1-4H3. The summed E-state index contributed by atoms with van der Waals surface area (Å²) in [6, 6.07) is 0. The number of carbonyl (C=O) groups excluding carboxylic acids is 1. The van der Waals surface area contributed by atoms with Gasteiger partial charge in [0.25, 0.3) is 0 Å². The molecule has 1 amide bonds. The molecule has 1 heterocycles. The topological polar surface area (TPSA) is 53.0 Å². The van der Waals surface area contributed by atoms with Gasteiger partial charge in [-0.2, -0.15) is 0 Å². The lowest BCUT2D eigenvalue weighted by Crippen LogP contribution is -2.44. The van der Waals surface area contributed by atoms with Crippen LogP contribution in [0.25, 0.3) is 0 Å². The van der Waals surface area contributed by atoms with E-state index in [1.165, 1.54) is 0 Å². The minimum atomic E-state index is -0.154. The van der Waals surface area contributed by atoms with Crippen LogP contribution in [0.3, 0.4) is 0 Å². The maximum absolute atomic E-state index is 12.1. The Bertz CT molecular complexity index is 315. The third-order valence-corrected chi connectivity index (χ3v) is 4.37. The summed E-state index contributed by atoms with van der Waals surface area (Å²) in [6.07, 6.45) is 1.83. The van der Waals surface area contributed by atoms with Crippen LogP contribution in [0.1, 0.15) is 33.6 Å². The summed E-state index contributed by atoms with van der Waals surface area (Å²) in [4.78, 5) is 26.6. The summed E-state index contributed by atoms with van der Waals surface area (Å²) in [6.45, 7) is 9.52. The zero-order valence-electron chi connectivity index (χ0n) is 12.4. The maximum atomic E-state index is 12.1. The summed E-state index contributed by atoms with van der Waals surface area (Å²) < 4.78 is 2.78. The van der Waals surface area contributed by atoms with Gasteiger partial charge in [-0.25, -0.2) is 0 Å². The molecule has 0 aromatic carbocycles. The normalized spacial score (nSPS) is 18.3. The van der Waals surface area contributed by atoms with Crippen LogP contribution in [0.15, 0.2) is 4.58 Å². The molecule has 0 bridgehead atoms. The highest BCUT2D eigenvalue weighted by molar-refractivity contribution is 7.99. The molecule has 19 heavy (non-hydrogen) atoms. The monoisotopic (exact) mass is 287 g/mol. The van der Waals surface area contributed by atoms with Gasteiger partial charge in [0.15, 0.2) is 0 Å². The van der Waals surface area contributed by atoms with Crippen LogP contribution in [0.4, 0.5) is 0 Å². The van der Waals surface area contributed by atoms with Crippen LogP contribution in [0, 0.1) is 10.8 Å². The number of nitroso groups, excluding NO2 is 1. The first kappa shape index (κ1) is 16.4. The fourth-order valence-electron chi connectivity index (χ4n) is 2.47. The van der Waals surface area contributed by atoms with E-state index in [9.17, 15) is 9.70 Å². The van der Waals surface area contributed by atoms with Crippen molar-refractivity contribution in [3.63, 3.8) is 0 Å². The van der Waals surface area contributed by atoms with Crippen molar-refractivity contribution in [3.05, 3.63) is 4.91 Å². The smallest absolute Gasteiger partial charge is 0.225 e. The highest BCUT2D eigenvalue weighted by atomic mass is 32.2. The van der Waals surface area contributed by atoms with Crippen molar-refractivity contribution >= 4 is 17.9 Å². The van der Waals surface area contributed by atoms with Crippen molar-refractivity contribution in [3.8, 4) is 0 Å². The highest BCUT2D eigenvalue weighted by Crippen LogP contribution is 2.28. The lowest BCUT2D eigenvalue weighted by atomic mass is 9.95. The van der Waals surface area contributed by atoms with E-state index in [0.717, 1.165) is 51.0 Å². The van der Waals surface area contributed by atoms with Crippen LogP contribution < -0.4 is 0 Å². The molecule has 1 aliphatic rings. The molecule has 1 saturated heterocycles. The molecule has 6 heteroatoms. The zero-order valence-corrected chi connectivity index (χ0v) is 13.2. The number of nitrogens with zero attached hydrogens (tertiary/aromatic N) is 3. The summed E-state index contributed by atoms with van der Waals surface area (Å²) in [5.74, 6) is 0.437. The first-order valence-electron chi connectivity index (χ1n) is 6.87. The largest absolute Gasteiger partial charge is 0.346 e. The number of hydrogen-bond acceptors (Lipinski definition) is 5. The number of carbonyl (C=O) groups is 1. The van der Waals surface area contributed by atoms with E-state index < -0.39 is 0 Å². The van der Waals surface area contributed by atoms with Gasteiger partial charge < -0.3 is 9.80 Å². The zero-order chi connectivity index (χ0) is 14.5. The number of piperidine rings is 1. The average Bonchev–Trinajstić information content (AvgIpc) is 2.37. The van der Waals surface area contributed by atoms with E-state index in [4.69, 9.17) is 0 Å². The molecule has 1 fully saturated rings. The number of hydrogen-bond donors (Lipinski definition) is 0. The van der Waals surface area contributed by atoms with Crippen molar-refractivity contribution < 1.29 is 4.79 Å². The van der Waals surface area contributed by atoms with Gasteiger partial charge in [0, 0.05) is 47.3 Å². The number of rotatable bonds is 6. The van der Waals surface area contributed by atoms with E-state index in [2.05, 4.69) is 9.48 Å². The Labute approximate surface area is 120 Å². The van der Waals surface area contributed by atoms with Gasteiger partial charge in [-0.05, 0) is 46.7 Å². The summed E-state index contributed by atoms with van der Waals surface area (Å²) in [5.41, 5.74) is 0. The Hall–Kier alpha value is -0.620. The molecular weight excluding hydrogens is 262 g/mol. The Balaban J connectivity index is 2.41. The van der Waals surface area contributed by atoms with E-state index in [0.29, 0.717) is 0 Å². The predicted molar refractivity (Wildman–Crippen MR) is 79.9 cm³/mol. The second-order valence-corrected chi connectivity index (χ2v) is 7.27. The SMILES string of the molecule is CCN(C)C(=O)C1CCN(CC(C)(C)SN=O)CC1. The average molecular weight is 287 g/mol. The molecule has 0 N–H and O–H groups in total. The van der Waals surface area contributed by atoms with Crippen molar-refractivity contribution in [1.29, 1.82) is 0 Å². The van der Waals surface area contributed by atoms with Gasteiger partial charge in [-0.15, -0.1) is 4.91 Å².